The number of ether oxygens (including phenoxy) is 2. The first kappa shape index (κ1) is 23.0. The Balaban J connectivity index is 0.00000280. The largest absolute Gasteiger partial charge is 0.497 e. The van der Waals surface area contributed by atoms with Gasteiger partial charge in [-0.1, -0.05) is 6.07 Å². The topological polar surface area (TPSA) is 61.4 Å². The highest BCUT2D eigenvalue weighted by molar-refractivity contribution is 14.0. The standard InChI is InChI=1S/C20H33N5O2.HI/c1-21-20(22-7-9-24-10-12-27-13-11-24)23-15-17-6-8-25(16-17)18-4-3-5-19(14-18)26-2;/h3-5,14,17H,6-13,15-16H2,1-2H3,(H2,21,22,23);1H. The van der Waals surface area contributed by atoms with E-state index in [4.69, 9.17) is 9.47 Å². The van der Waals surface area contributed by atoms with E-state index in [1.807, 2.05) is 13.1 Å². The minimum Gasteiger partial charge on any atom is -0.497 e. The molecule has 158 valence electrons. The van der Waals surface area contributed by atoms with Gasteiger partial charge >= 0.3 is 0 Å². The summed E-state index contributed by atoms with van der Waals surface area (Å²) in [5.41, 5.74) is 1.24. The molecule has 0 spiro atoms. The van der Waals surface area contributed by atoms with Crippen LogP contribution in [0.25, 0.3) is 0 Å². The van der Waals surface area contributed by atoms with Crippen LogP contribution < -0.4 is 20.3 Å². The molecule has 2 N–H and O–H groups in total. The Kier molecular flexibility index (Phi) is 10.1. The SMILES string of the molecule is CN=C(NCCN1CCOCC1)NCC1CCN(c2cccc(OC)c2)C1.I. The maximum atomic E-state index is 5.39. The molecule has 1 aromatic rings. The molecule has 1 unspecified atom stereocenters. The van der Waals surface area contributed by atoms with Gasteiger partial charge in [0, 0.05) is 64.6 Å². The molecule has 28 heavy (non-hydrogen) atoms. The van der Waals surface area contributed by atoms with Gasteiger partial charge in [-0.2, -0.15) is 0 Å². The molecule has 0 bridgehead atoms. The van der Waals surface area contributed by atoms with E-state index in [9.17, 15) is 0 Å². The summed E-state index contributed by atoms with van der Waals surface area (Å²) in [7, 11) is 3.55. The van der Waals surface area contributed by atoms with Crippen LogP contribution in [0.4, 0.5) is 5.69 Å². The Morgan fingerprint density at radius 1 is 1.25 bits per heavy atom. The number of anilines is 1. The second-order valence-corrected chi connectivity index (χ2v) is 7.14. The zero-order valence-electron chi connectivity index (χ0n) is 17.0. The highest BCUT2D eigenvalue weighted by atomic mass is 127. The molecule has 2 heterocycles. The van der Waals surface area contributed by atoms with E-state index < -0.39 is 0 Å². The number of hydrogen-bond donors (Lipinski definition) is 2. The molecule has 2 aliphatic rings. The van der Waals surface area contributed by atoms with Crippen molar-refractivity contribution in [3.05, 3.63) is 24.3 Å². The van der Waals surface area contributed by atoms with Gasteiger partial charge in [-0.05, 0) is 24.5 Å². The van der Waals surface area contributed by atoms with Crippen LogP contribution in [0.15, 0.2) is 29.3 Å². The first-order valence-electron chi connectivity index (χ1n) is 9.92. The average Bonchev–Trinajstić information content (AvgIpc) is 3.20. The van der Waals surface area contributed by atoms with Gasteiger partial charge in [0.05, 0.1) is 20.3 Å². The molecule has 2 saturated heterocycles. The maximum Gasteiger partial charge on any atom is 0.191 e. The molecule has 0 aromatic heterocycles. The molecular formula is C20H34IN5O2. The lowest BCUT2D eigenvalue weighted by Gasteiger charge is -2.26. The number of guanidine groups is 1. The predicted octanol–water partition coefficient (Wildman–Crippen LogP) is 1.64. The molecule has 2 fully saturated rings. The van der Waals surface area contributed by atoms with E-state index in [0.29, 0.717) is 5.92 Å². The fourth-order valence-corrected chi connectivity index (χ4v) is 3.66. The predicted molar refractivity (Wildman–Crippen MR) is 125 cm³/mol. The first-order valence-corrected chi connectivity index (χ1v) is 9.92. The number of nitrogens with one attached hydrogen (secondary N) is 2. The van der Waals surface area contributed by atoms with Crippen LogP contribution in [-0.4, -0.2) is 84.0 Å². The molecule has 8 heteroatoms. The zero-order chi connectivity index (χ0) is 18.9. The number of hydrogen-bond acceptors (Lipinski definition) is 5. The van der Waals surface area contributed by atoms with E-state index in [-0.39, 0.29) is 24.0 Å². The Hall–Kier alpha value is -1.26. The smallest absolute Gasteiger partial charge is 0.191 e. The molecule has 1 aromatic carbocycles. The van der Waals surface area contributed by atoms with Crippen molar-refractivity contribution in [1.82, 2.24) is 15.5 Å². The summed E-state index contributed by atoms with van der Waals surface area (Å²) in [4.78, 5) is 9.21. The van der Waals surface area contributed by atoms with Gasteiger partial charge in [-0.3, -0.25) is 9.89 Å². The number of aliphatic imine (C=N–C) groups is 1. The number of methoxy groups -OCH3 is 1. The van der Waals surface area contributed by atoms with E-state index in [0.717, 1.165) is 70.7 Å². The van der Waals surface area contributed by atoms with Crippen LogP contribution >= 0.6 is 24.0 Å². The number of benzene rings is 1. The van der Waals surface area contributed by atoms with E-state index >= 15 is 0 Å². The minimum atomic E-state index is 0. The maximum absolute atomic E-state index is 5.39. The quantitative estimate of drug-likeness (QED) is 0.335. The van der Waals surface area contributed by atoms with Gasteiger partial charge in [-0.15, -0.1) is 24.0 Å². The lowest BCUT2D eigenvalue weighted by Crippen LogP contribution is -2.45. The molecular weight excluding hydrogens is 469 g/mol. The second kappa shape index (κ2) is 12.3. The van der Waals surface area contributed by atoms with E-state index in [1.165, 1.54) is 12.1 Å². The number of halogens is 1. The average molecular weight is 503 g/mol. The number of rotatable bonds is 7. The van der Waals surface area contributed by atoms with Crippen molar-refractivity contribution in [3.8, 4) is 5.75 Å². The van der Waals surface area contributed by atoms with Crippen molar-refractivity contribution < 1.29 is 9.47 Å². The number of nitrogens with zero attached hydrogens (tertiary/aromatic N) is 3. The summed E-state index contributed by atoms with van der Waals surface area (Å²) in [5.74, 6) is 2.43. The van der Waals surface area contributed by atoms with Crippen molar-refractivity contribution in [1.29, 1.82) is 0 Å². The number of morpholine rings is 1. The van der Waals surface area contributed by atoms with Crippen molar-refractivity contribution in [2.45, 2.75) is 6.42 Å². The summed E-state index contributed by atoms with van der Waals surface area (Å²) >= 11 is 0. The molecule has 7 nitrogen and oxygen atoms in total. The molecule has 0 amide bonds. The molecule has 0 saturated carbocycles. The Morgan fingerprint density at radius 2 is 2.07 bits per heavy atom. The highest BCUT2D eigenvalue weighted by Gasteiger charge is 2.23. The third kappa shape index (κ3) is 6.97. The van der Waals surface area contributed by atoms with Crippen molar-refractivity contribution in [2.75, 3.05) is 78.1 Å². The third-order valence-electron chi connectivity index (χ3n) is 5.31. The fourth-order valence-electron chi connectivity index (χ4n) is 3.66. The monoisotopic (exact) mass is 503 g/mol. The normalized spacial score (nSPS) is 20.6. The third-order valence-corrected chi connectivity index (χ3v) is 5.31. The molecule has 1 atom stereocenters. The molecule has 2 aliphatic heterocycles. The molecule has 0 aliphatic carbocycles. The van der Waals surface area contributed by atoms with E-state index in [2.05, 4.69) is 43.6 Å². The van der Waals surface area contributed by atoms with Gasteiger partial charge in [0.15, 0.2) is 5.96 Å². The van der Waals surface area contributed by atoms with Gasteiger partial charge in [0.25, 0.3) is 0 Å². The van der Waals surface area contributed by atoms with Crippen molar-refractivity contribution >= 4 is 35.6 Å². The zero-order valence-corrected chi connectivity index (χ0v) is 19.4. The van der Waals surface area contributed by atoms with Crippen LogP contribution in [0.3, 0.4) is 0 Å². The van der Waals surface area contributed by atoms with Crippen LogP contribution in [0, 0.1) is 5.92 Å². The second-order valence-electron chi connectivity index (χ2n) is 7.14. The lowest BCUT2D eigenvalue weighted by molar-refractivity contribution is 0.0389. The molecule has 3 rings (SSSR count). The van der Waals surface area contributed by atoms with Crippen LogP contribution in [0.5, 0.6) is 5.75 Å². The van der Waals surface area contributed by atoms with Gasteiger partial charge in [0.2, 0.25) is 0 Å². The molecule has 0 radical (unpaired) electrons. The van der Waals surface area contributed by atoms with Crippen molar-refractivity contribution in [3.63, 3.8) is 0 Å². The van der Waals surface area contributed by atoms with Crippen LogP contribution in [-0.2, 0) is 4.74 Å². The van der Waals surface area contributed by atoms with Gasteiger partial charge in [-0.25, -0.2) is 0 Å². The summed E-state index contributed by atoms with van der Waals surface area (Å²) < 4.78 is 10.7. The lowest BCUT2D eigenvalue weighted by atomic mass is 10.1. The summed E-state index contributed by atoms with van der Waals surface area (Å²) in [6.07, 6.45) is 1.19. The van der Waals surface area contributed by atoms with Gasteiger partial charge in [0.1, 0.15) is 5.75 Å². The van der Waals surface area contributed by atoms with Crippen LogP contribution in [0.2, 0.25) is 0 Å². The minimum absolute atomic E-state index is 0. The van der Waals surface area contributed by atoms with Crippen molar-refractivity contribution in [2.24, 2.45) is 10.9 Å². The highest BCUT2D eigenvalue weighted by Crippen LogP contribution is 2.26. The Bertz CT molecular complexity index is 610. The van der Waals surface area contributed by atoms with E-state index in [1.54, 1.807) is 7.11 Å². The Labute approximate surface area is 185 Å². The van der Waals surface area contributed by atoms with Gasteiger partial charge < -0.3 is 25.0 Å². The summed E-state index contributed by atoms with van der Waals surface area (Å²) in [5, 5.41) is 6.91. The van der Waals surface area contributed by atoms with Crippen LogP contribution in [0.1, 0.15) is 6.42 Å². The Morgan fingerprint density at radius 3 is 2.82 bits per heavy atom. The summed E-state index contributed by atoms with van der Waals surface area (Å²) in [6, 6.07) is 8.32. The summed E-state index contributed by atoms with van der Waals surface area (Å²) in [6.45, 7) is 8.76. The fraction of sp³-hybridized carbons (Fsp3) is 0.650. The first-order chi connectivity index (χ1) is 13.3.